The number of pyridine rings is 1. The molecule has 3 N–H and O–H groups in total. The molecular formula is C10H15N3O. The molecule has 76 valence electrons. The molecule has 0 aromatic carbocycles. The molecule has 0 bridgehead atoms. The highest BCUT2D eigenvalue weighted by molar-refractivity contribution is 5.90. The van der Waals surface area contributed by atoms with Gasteiger partial charge in [-0.25, -0.2) is 4.98 Å². The highest BCUT2D eigenvalue weighted by Crippen LogP contribution is 2.07. The number of carbonyl (C=O) groups excluding carboxylic acids is 1. The number of anilines is 2. The Hall–Kier alpha value is -1.58. The molecule has 1 aromatic heterocycles. The van der Waals surface area contributed by atoms with Crippen LogP contribution >= 0.6 is 0 Å². The molecule has 4 heteroatoms. The smallest absolute Gasteiger partial charge is 0.224 e. The van der Waals surface area contributed by atoms with Gasteiger partial charge in [0, 0.05) is 6.42 Å². The number of amides is 1. The topological polar surface area (TPSA) is 68.0 Å². The molecule has 0 spiro atoms. The van der Waals surface area contributed by atoms with E-state index in [0.717, 1.165) is 12.8 Å². The van der Waals surface area contributed by atoms with Gasteiger partial charge in [0.25, 0.3) is 0 Å². The molecule has 0 saturated heterocycles. The summed E-state index contributed by atoms with van der Waals surface area (Å²) in [7, 11) is 0. The van der Waals surface area contributed by atoms with E-state index in [-0.39, 0.29) is 5.91 Å². The van der Waals surface area contributed by atoms with Crippen LogP contribution in [0, 0.1) is 0 Å². The Labute approximate surface area is 83.5 Å². The Kier molecular flexibility index (Phi) is 3.91. The number of nitrogens with zero attached hydrogens (tertiary/aromatic N) is 1. The predicted molar refractivity (Wildman–Crippen MR) is 56.8 cm³/mol. The van der Waals surface area contributed by atoms with Crippen LogP contribution in [0.1, 0.15) is 26.2 Å². The number of nitrogens with two attached hydrogens (primary N) is 1. The fourth-order valence-corrected chi connectivity index (χ4v) is 1.04. The molecule has 14 heavy (non-hydrogen) atoms. The van der Waals surface area contributed by atoms with E-state index in [1.165, 1.54) is 0 Å². The lowest BCUT2D eigenvalue weighted by molar-refractivity contribution is -0.116. The summed E-state index contributed by atoms with van der Waals surface area (Å²) < 4.78 is 0. The van der Waals surface area contributed by atoms with Crippen molar-refractivity contribution in [2.45, 2.75) is 26.2 Å². The monoisotopic (exact) mass is 193 g/mol. The fraction of sp³-hybridized carbons (Fsp3) is 0.400. The van der Waals surface area contributed by atoms with Crippen LogP contribution in [0.25, 0.3) is 0 Å². The zero-order valence-electron chi connectivity index (χ0n) is 8.29. The Balaban J connectivity index is 2.44. The molecule has 1 aromatic rings. The van der Waals surface area contributed by atoms with Gasteiger partial charge in [-0.05, 0) is 18.6 Å². The van der Waals surface area contributed by atoms with Gasteiger partial charge >= 0.3 is 0 Å². The first kappa shape index (κ1) is 10.5. The number of hydrogen-bond acceptors (Lipinski definition) is 3. The lowest BCUT2D eigenvalue weighted by Crippen LogP contribution is -2.11. The van der Waals surface area contributed by atoms with Gasteiger partial charge in [-0.15, -0.1) is 0 Å². The van der Waals surface area contributed by atoms with Crippen molar-refractivity contribution >= 4 is 17.4 Å². The lowest BCUT2D eigenvalue weighted by Gasteiger charge is -2.03. The summed E-state index contributed by atoms with van der Waals surface area (Å²) in [5.74, 6) is 0.481. The van der Waals surface area contributed by atoms with Crippen molar-refractivity contribution in [1.82, 2.24) is 4.98 Å². The summed E-state index contributed by atoms with van der Waals surface area (Å²) in [6.45, 7) is 2.05. The van der Waals surface area contributed by atoms with E-state index in [2.05, 4.69) is 17.2 Å². The molecule has 0 aliphatic rings. The number of nitrogens with one attached hydrogen (secondary N) is 1. The summed E-state index contributed by atoms with van der Waals surface area (Å²) in [6, 6.07) is 3.40. The van der Waals surface area contributed by atoms with Crippen molar-refractivity contribution in [1.29, 1.82) is 0 Å². The quantitative estimate of drug-likeness (QED) is 0.766. The van der Waals surface area contributed by atoms with E-state index < -0.39 is 0 Å². The molecular weight excluding hydrogens is 178 g/mol. The molecule has 0 aliphatic heterocycles. The first-order valence-electron chi connectivity index (χ1n) is 4.73. The third kappa shape index (κ3) is 3.43. The van der Waals surface area contributed by atoms with E-state index >= 15 is 0 Å². The number of nitrogen functional groups attached to an aromatic ring is 1. The van der Waals surface area contributed by atoms with Crippen LogP contribution in [0.2, 0.25) is 0 Å². The molecule has 4 nitrogen and oxygen atoms in total. The summed E-state index contributed by atoms with van der Waals surface area (Å²) in [6.07, 6.45) is 4.04. The molecule has 1 amide bonds. The molecule has 0 radical (unpaired) electrons. The van der Waals surface area contributed by atoms with Crippen molar-refractivity contribution < 1.29 is 4.79 Å². The summed E-state index contributed by atoms with van der Waals surface area (Å²) >= 11 is 0. The Morgan fingerprint density at radius 1 is 1.57 bits per heavy atom. The lowest BCUT2D eigenvalue weighted by atomic mass is 10.2. The van der Waals surface area contributed by atoms with Gasteiger partial charge in [-0.3, -0.25) is 4.79 Å². The van der Waals surface area contributed by atoms with Crippen LogP contribution in [0.4, 0.5) is 11.5 Å². The van der Waals surface area contributed by atoms with Crippen LogP contribution < -0.4 is 11.1 Å². The summed E-state index contributed by atoms with van der Waals surface area (Å²) in [5, 5.41) is 2.75. The first-order valence-corrected chi connectivity index (χ1v) is 4.73. The van der Waals surface area contributed by atoms with Crippen LogP contribution in [0.15, 0.2) is 18.3 Å². The maximum absolute atomic E-state index is 11.3. The second-order valence-corrected chi connectivity index (χ2v) is 3.12. The average molecular weight is 193 g/mol. The molecule has 0 saturated carbocycles. The van der Waals surface area contributed by atoms with Crippen molar-refractivity contribution in [2.24, 2.45) is 0 Å². The average Bonchev–Trinajstić information content (AvgIpc) is 2.18. The van der Waals surface area contributed by atoms with E-state index in [1.54, 1.807) is 18.3 Å². The first-order chi connectivity index (χ1) is 6.72. The zero-order chi connectivity index (χ0) is 10.4. The largest absolute Gasteiger partial charge is 0.384 e. The number of carbonyl (C=O) groups is 1. The minimum absolute atomic E-state index is 0.0263. The fourth-order valence-electron chi connectivity index (χ4n) is 1.04. The van der Waals surface area contributed by atoms with Gasteiger partial charge in [-0.2, -0.15) is 0 Å². The maximum atomic E-state index is 11.3. The van der Waals surface area contributed by atoms with Gasteiger partial charge in [-0.1, -0.05) is 13.3 Å². The molecule has 0 fully saturated rings. The SMILES string of the molecule is CCCCC(=O)Nc1ccc(N)nc1. The van der Waals surface area contributed by atoms with E-state index in [9.17, 15) is 4.79 Å². The van der Waals surface area contributed by atoms with Crippen LogP contribution in [-0.2, 0) is 4.79 Å². The Bertz CT molecular complexity index is 295. The van der Waals surface area contributed by atoms with Gasteiger partial charge < -0.3 is 11.1 Å². The van der Waals surface area contributed by atoms with Gasteiger partial charge in [0.05, 0.1) is 11.9 Å². The highest BCUT2D eigenvalue weighted by atomic mass is 16.1. The molecule has 1 heterocycles. The second kappa shape index (κ2) is 5.21. The molecule has 0 unspecified atom stereocenters. The number of unbranched alkanes of at least 4 members (excludes halogenated alkanes) is 1. The standard InChI is InChI=1S/C10H15N3O/c1-2-3-4-10(14)13-8-5-6-9(11)12-7-8/h5-7H,2-4H2,1H3,(H2,11,12)(H,13,14). The molecule has 1 rings (SSSR count). The third-order valence-corrected chi connectivity index (χ3v) is 1.83. The maximum Gasteiger partial charge on any atom is 0.224 e. The van der Waals surface area contributed by atoms with Crippen molar-refractivity contribution in [3.8, 4) is 0 Å². The van der Waals surface area contributed by atoms with Gasteiger partial charge in [0.1, 0.15) is 5.82 Å². The highest BCUT2D eigenvalue weighted by Gasteiger charge is 2.00. The normalized spacial score (nSPS) is 9.79. The van der Waals surface area contributed by atoms with E-state index in [0.29, 0.717) is 17.9 Å². The van der Waals surface area contributed by atoms with Crippen LogP contribution in [0.5, 0.6) is 0 Å². The van der Waals surface area contributed by atoms with Crippen LogP contribution in [-0.4, -0.2) is 10.9 Å². The van der Waals surface area contributed by atoms with E-state index in [1.807, 2.05) is 0 Å². The van der Waals surface area contributed by atoms with Crippen molar-refractivity contribution in [3.05, 3.63) is 18.3 Å². The minimum Gasteiger partial charge on any atom is -0.384 e. The van der Waals surface area contributed by atoms with Crippen molar-refractivity contribution in [2.75, 3.05) is 11.1 Å². The predicted octanol–water partition coefficient (Wildman–Crippen LogP) is 1.79. The number of rotatable bonds is 4. The Morgan fingerprint density at radius 2 is 2.36 bits per heavy atom. The second-order valence-electron chi connectivity index (χ2n) is 3.12. The number of aromatic nitrogens is 1. The Morgan fingerprint density at radius 3 is 2.93 bits per heavy atom. The third-order valence-electron chi connectivity index (χ3n) is 1.83. The van der Waals surface area contributed by atoms with E-state index in [4.69, 9.17) is 5.73 Å². The van der Waals surface area contributed by atoms with Gasteiger partial charge in [0.2, 0.25) is 5.91 Å². The van der Waals surface area contributed by atoms with Crippen molar-refractivity contribution in [3.63, 3.8) is 0 Å². The van der Waals surface area contributed by atoms with Crippen LogP contribution in [0.3, 0.4) is 0 Å². The molecule has 0 atom stereocenters. The minimum atomic E-state index is 0.0263. The molecule has 0 aliphatic carbocycles. The van der Waals surface area contributed by atoms with Gasteiger partial charge in [0.15, 0.2) is 0 Å². The number of hydrogen-bond donors (Lipinski definition) is 2. The summed E-state index contributed by atoms with van der Waals surface area (Å²) in [5.41, 5.74) is 6.11. The zero-order valence-corrected chi connectivity index (χ0v) is 8.29. The summed E-state index contributed by atoms with van der Waals surface area (Å²) in [4.78, 5) is 15.2.